The van der Waals surface area contributed by atoms with Gasteiger partial charge in [-0.3, -0.25) is 4.79 Å². The number of hydrogen-bond donors (Lipinski definition) is 2. The van der Waals surface area contributed by atoms with E-state index in [1.165, 1.54) is 0 Å². The van der Waals surface area contributed by atoms with Crippen molar-refractivity contribution < 1.29 is 4.79 Å². The summed E-state index contributed by atoms with van der Waals surface area (Å²) in [4.78, 5) is 15.6. The summed E-state index contributed by atoms with van der Waals surface area (Å²) in [6, 6.07) is 0.204. The molecule has 1 heterocycles. The van der Waals surface area contributed by atoms with Gasteiger partial charge in [0.2, 0.25) is 5.91 Å². The lowest BCUT2D eigenvalue weighted by atomic mass is 10.3. The van der Waals surface area contributed by atoms with Gasteiger partial charge in [-0.05, 0) is 20.8 Å². The molecule has 4 nitrogen and oxygen atoms in total. The Kier molecular flexibility index (Phi) is 5.42. The van der Waals surface area contributed by atoms with Crippen molar-refractivity contribution in [1.29, 1.82) is 0 Å². The van der Waals surface area contributed by atoms with Crippen molar-refractivity contribution in [2.45, 2.75) is 33.2 Å². The van der Waals surface area contributed by atoms with E-state index in [0.29, 0.717) is 6.54 Å². The van der Waals surface area contributed by atoms with Crippen molar-refractivity contribution in [3.05, 3.63) is 16.1 Å². The van der Waals surface area contributed by atoms with Crippen LogP contribution >= 0.6 is 11.3 Å². The van der Waals surface area contributed by atoms with E-state index in [-0.39, 0.29) is 11.9 Å². The third-order valence-corrected chi connectivity index (χ3v) is 2.78. The lowest BCUT2D eigenvalue weighted by molar-refractivity contribution is -0.120. The number of nitrogens with one attached hydrogen (secondary N) is 2. The van der Waals surface area contributed by atoms with Crippen LogP contribution in [-0.2, 0) is 11.2 Å². The van der Waals surface area contributed by atoms with Crippen molar-refractivity contribution >= 4 is 17.2 Å². The number of thiazole rings is 1. The second kappa shape index (κ2) is 6.60. The molecule has 0 bridgehead atoms. The highest BCUT2D eigenvalue weighted by molar-refractivity contribution is 7.09. The molecule has 0 saturated carbocycles. The summed E-state index contributed by atoms with van der Waals surface area (Å²) in [7, 11) is 0. The van der Waals surface area contributed by atoms with Gasteiger partial charge in [0.15, 0.2) is 0 Å². The Balaban J connectivity index is 2.10. The molecule has 1 rings (SSSR count). The maximum absolute atomic E-state index is 11.3. The number of aromatic nitrogens is 1. The molecule has 1 amide bonds. The quantitative estimate of drug-likeness (QED) is 0.734. The molecule has 0 fully saturated rings. The fourth-order valence-corrected chi connectivity index (χ4v) is 1.96. The number of aryl methyl sites for hydroxylation is 1. The lowest BCUT2D eigenvalue weighted by Crippen LogP contribution is -2.38. The number of nitrogens with zero attached hydrogens (tertiary/aromatic N) is 1. The average Bonchev–Trinajstić information content (AvgIpc) is 2.58. The summed E-state index contributed by atoms with van der Waals surface area (Å²) in [5.74, 6) is 0.0458. The monoisotopic (exact) mass is 241 g/mol. The van der Waals surface area contributed by atoms with Crippen molar-refractivity contribution in [2.75, 3.05) is 13.1 Å². The standard InChI is InChI=1S/C11H19N3OS/c1-8(2)13-11(15)6-12-5-4-10-7-16-9(3)14-10/h7-8,12H,4-6H2,1-3H3,(H,13,15). The Morgan fingerprint density at radius 3 is 2.88 bits per heavy atom. The molecule has 5 heteroatoms. The maximum atomic E-state index is 11.3. The minimum absolute atomic E-state index is 0.0458. The summed E-state index contributed by atoms with van der Waals surface area (Å²) in [5.41, 5.74) is 1.10. The Morgan fingerprint density at radius 1 is 1.56 bits per heavy atom. The fourth-order valence-electron chi connectivity index (χ4n) is 1.31. The molecule has 0 aliphatic carbocycles. The van der Waals surface area contributed by atoms with Gasteiger partial charge in [-0.1, -0.05) is 0 Å². The molecule has 1 aromatic heterocycles. The predicted molar refractivity (Wildman–Crippen MR) is 66.7 cm³/mol. The van der Waals surface area contributed by atoms with Crippen molar-refractivity contribution in [3.8, 4) is 0 Å². The third-order valence-electron chi connectivity index (χ3n) is 1.96. The van der Waals surface area contributed by atoms with E-state index in [4.69, 9.17) is 0 Å². The van der Waals surface area contributed by atoms with Crippen LogP contribution in [0.4, 0.5) is 0 Å². The second-order valence-electron chi connectivity index (χ2n) is 4.01. The first kappa shape index (κ1) is 13.1. The molecule has 0 unspecified atom stereocenters. The maximum Gasteiger partial charge on any atom is 0.234 e. The molecule has 1 aromatic rings. The summed E-state index contributed by atoms with van der Waals surface area (Å²) in [6.07, 6.45) is 0.874. The zero-order valence-electron chi connectivity index (χ0n) is 10.0. The predicted octanol–water partition coefficient (Wildman–Crippen LogP) is 1.11. The normalized spacial score (nSPS) is 10.8. The first-order valence-corrected chi connectivity index (χ1v) is 6.37. The molecule has 0 aliphatic rings. The average molecular weight is 241 g/mol. The van der Waals surface area contributed by atoms with Crippen LogP contribution < -0.4 is 10.6 Å². The van der Waals surface area contributed by atoms with Crippen LogP contribution in [0.15, 0.2) is 5.38 Å². The second-order valence-corrected chi connectivity index (χ2v) is 5.07. The van der Waals surface area contributed by atoms with Crippen LogP contribution in [-0.4, -0.2) is 30.0 Å². The zero-order valence-corrected chi connectivity index (χ0v) is 10.9. The van der Waals surface area contributed by atoms with Gasteiger partial charge in [0, 0.05) is 24.4 Å². The van der Waals surface area contributed by atoms with E-state index in [1.54, 1.807) is 11.3 Å². The number of carbonyl (C=O) groups is 1. The summed E-state index contributed by atoms with van der Waals surface area (Å²) < 4.78 is 0. The van der Waals surface area contributed by atoms with Gasteiger partial charge in [-0.2, -0.15) is 0 Å². The van der Waals surface area contributed by atoms with Gasteiger partial charge < -0.3 is 10.6 Å². The van der Waals surface area contributed by atoms with E-state index < -0.39 is 0 Å². The molecule has 0 atom stereocenters. The van der Waals surface area contributed by atoms with E-state index in [2.05, 4.69) is 21.0 Å². The minimum atomic E-state index is 0.0458. The van der Waals surface area contributed by atoms with Gasteiger partial charge in [0.05, 0.1) is 17.2 Å². The van der Waals surface area contributed by atoms with Gasteiger partial charge in [-0.25, -0.2) is 4.98 Å². The van der Waals surface area contributed by atoms with Crippen LogP contribution in [0.5, 0.6) is 0 Å². The van der Waals surface area contributed by atoms with E-state index in [0.717, 1.165) is 23.7 Å². The number of hydrogen-bond acceptors (Lipinski definition) is 4. The van der Waals surface area contributed by atoms with Crippen molar-refractivity contribution in [2.24, 2.45) is 0 Å². The molecule has 16 heavy (non-hydrogen) atoms. The number of rotatable bonds is 6. The largest absolute Gasteiger partial charge is 0.353 e. The molecular formula is C11H19N3OS. The van der Waals surface area contributed by atoms with Crippen LogP contribution in [0.2, 0.25) is 0 Å². The molecule has 0 radical (unpaired) electrons. The molecule has 0 aromatic carbocycles. The molecule has 0 spiro atoms. The van der Waals surface area contributed by atoms with Crippen molar-refractivity contribution in [1.82, 2.24) is 15.6 Å². The molecule has 0 aliphatic heterocycles. The highest BCUT2D eigenvalue weighted by Gasteiger charge is 2.02. The molecule has 0 saturated heterocycles. The Hall–Kier alpha value is -0.940. The van der Waals surface area contributed by atoms with Crippen LogP contribution in [0.25, 0.3) is 0 Å². The Labute approximate surface area is 100 Å². The van der Waals surface area contributed by atoms with Gasteiger partial charge >= 0.3 is 0 Å². The third kappa shape index (κ3) is 5.23. The smallest absolute Gasteiger partial charge is 0.234 e. The summed E-state index contributed by atoms with van der Waals surface area (Å²) in [6.45, 7) is 7.07. The van der Waals surface area contributed by atoms with Gasteiger partial charge in [-0.15, -0.1) is 11.3 Å². The first-order chi connectivity index (χ1) is 7.58. The van der Waals surface area contributed by atoms with Crippen molar-refractivity contribution in [3.63, 3.8) is 0 Å². The SMILES string of the molecule is Cc1nc(CCNCC(=O)NC(C)C)cs1. The lowest BCUT2D eigenvalue weighted by Gasteiger charge is -2.08. The number of carbonyl (C=O) groups excluding carboxylic acids is 1. The summed E-state index contributed by atoms with van der Waals surface area (Å²) in [5, 5.41) is 9.08. The Morgan fingerprint density at radius 2 is 2.31 bits per heavy atom. The van der Waals surface area contributed by atoms with Crippen LogP contribution in [0, 0.1) is 6.92 Å². The van der Waals surface area contributed by atoms with Crippen LogP contribution in [0.1, 0.15) is 24.5 Å². The van der Waals surface area contributed by atoms with Crippen LogP contribution in [0.3, 0.4) is 0 Å². The molecule has 2 N–H and O–H groups in total. The topological polar surface area (TPSA) is 54.0 Å². The van der Waals surface area contributed by atoms with Gasteiger partial charge in [0.25, 0.3) is 0 Å². The Bertz CT molecular complexity index is 336. The summed E-state index contributed by atoms with van der Waals surface area (Å²) >= 11 is 1.66. The minimum Gasteiger partial charge on any atom is -0.353 e. The van der Waals surface area contributed by atoms with E-state index in [9.17, 15) is 4.79 Å². The van der Waals surface area contributed by atoms with E-state index >= 15 is 0 Å². The fraction of sp³-hybridized carbons (Fsp3) is 0.636. The highest BCUT2D eigenvalue weighted by Crippen LogP contribution is 2.07. The molecular weight excluding hydrogens is 222 g/mol. The highest BCUT2D eigenvalue weighted by atomic mass is 32.1. The zero-order chi connectivity index (χ0) is 12.0. The molecule has 90 valence electrons. The van der Waals surface area contributed by atoms with Gasteiger partial charge in [0.1, 0.15) is 0 Å². The number of amides is 1. The first-order valence-electron chi connectivity index (χ1n) is 5.49. The van der Waals surface area contributed by atoms with E-state index in [1.807, 2.05) is 20.8 Å².